The van der Waals surface area contributed by atoms with Gasteiger partial charge in [-0.15, -0.1) is 0 Å². The molecule has 1 aliphatic rings. The van der Waals surface area contributed by atoms with Crippen molar-refractivity contribution in [2.24, 2.45) is 5.92 Å². The second-order valence-corrected chi connectivity index (χ2v) is 7.19. The van der Waals surface area contributed by atoms with Crippen LogP contribution in [0.5, 0.6) is 0 Å². The highest BCUT2D eigenvalue weighted by molar-refractivity contribution is 4.76. The predicted octanol–water partition coefficient (Wildman–Crippen LogP) is 5.31. The standard InChI is InChI=1S/C19H39NO/c1-4-6-8-9-14-19(3,13-7-5-2)21-17-12-18-10-15-20-16-11-18/h18,20H,4-17H2,1-3H3. The van der Waals surface area contributed by atoms with Crippen molar-refractivity contribution in [3.63, 3.8) is 0 Å². The summed E-state index contributed by atoms with van der Waals surface area (Å²) in [5.74, 6) is 0.891. The first-order chi connectivity index (χ1) is 10.2. The molecule has 0 aromatic heterocycles. The zero-order valence-electron chi connectivity index (χ0n) is 14.9. The lowest BCUT2D eigenvalue weighted by molar-refractivity contribution is -0.0521. The quantitative estimate of drug-likeness (QED) is 0.493. The normalized spacial score (nSPS) is 19.6. The van der Waals surface area contributed by atoms with Crippen molar-refractivity contribution in [3.05, 3.63) is 0 Å². The molecule has 1 fully saturated rings. The van der Waals surface area contributed by atoms with Gasteiger partial charge in [-0.2, -0.15) is 0 Å². The van der Waals surface area contributed by atoms with Crippen LogP contribution in [0.15, 0.2) is 0 Å². The summed E-state index contributed by atoms with van der Waals surface area (Å²) in [6, 6.07) is 0. The molecule has 1 unspecified atom stereocenters. The third kappa shape index (κ3) is 8.83. The monoisotopic (exact) mass is 297 g/mol. The fraction of sp³-hybridized carbons (Fsp3) is 1.00. The molecule has 0 radical (unpaired) electrons. The predicted molar refractivity (Wildman–Crippen MR) is 92.9 cm³/mol. The Hall–Kier alpha value is -0.0800. The average molecular weight is 298 g/mol. The van der Waals surface area contributed by atoms with Gasteiger partial charge < -0.3 is 10.1 Å². The Balaban J connectivity index is 2.25. The van der Waals surface area contributed by atoms with E-state index in [0.29, 0.717) is 0 Å². The molecule has 0 aromatic carbocycles. The summed E-state index contributed by atoms with van der Waals surface area (Å²) in [4.78, 5) is 0. The molecule has 1 heterocycles. The van der Waals surface area contributed by atoms with Crippen LogP contribution < -0.4 is 5.32 Å². The largest absolute Gasteiger partial charge is 0.375 e. The summed E-state index contributed by atoms with van der Waals surface area (Å²) in [5.41, 5.74) is 0.136. The van der Waals surface area contributed by atoms with Crippen molar-refractivity contribution in [1.82, 2.24) is 5.32 Å². The van der Waals surface area contributed by atoms with Gasteiger partial charge in [-0.05, 0) is 58.0 Å². The van der Waals surface area contributed by atoms with Gasteiger partial charge in [-0.25, -0.2) is 0 Å². The summed E-state index contributed by atoms with van der Waals surface area (Å²) < 4.78 is 6.39. The number of nitrogens with one attached hydrogen (secondary N) is 1. The zero-order valence-corrected chi connectivity index (χ0v) is 14.9. The van der Waals surface area contributed by atoms with Crippen LogP contribution in [0, 0.1) is 5.92 Å². The van der Waals surface area contributed by atoms with Gasteiger partial charge in [0.2, 0.25) is 0 Å². The van der Waals surface area contributed by atoms with Gasteiger partial charge in [0.25, 0.3) is 0 Å². The highest BCUT2D eigenvalue weighted by atomic mass is 16.5. The molecule has 0 amide bonds. The molecular formula is C19H39NO. The van der Waals surface area contributed by atoms with E-state index in [1.54, 1.807) is 0 Å². The lowest BCUT2D eigenvalue weighted by Gasteiger charge is -2.32. The van der Waals surface area contributed by atoms with E-state index in [1.165, 1.54) is 83.7 Å². The van der Waals surface area contributed by atoms with Crippen LogP contribution in [0.2, 0.25) is 0 Å². The van der Waals surface area contributed by atoms with Gasteiger partial charge in [-0.1, -0.05) is 52.4 Å². The minimum Gasteiger partial charge on any atom is -0.375 e. The third-order valence-electron chi connectivity index (χ3n) is 5.05. The number of unbranched alkanes of at least 4 members (excludes halogenated alkanes) is 4. The molecule has 0 aliphatic carbocycles. The second-order valence-electron chi connectivity index (χ2n) is 7.19. The fourth-order valence-electron chi connectivity index (χ4n) is 3.39. The van der Waals surface area contributed by atoms with E-state index in [2.05, 4.69) is 26.1 Å². The summed E-state index contributed by atoms with van der Waals surface area (Å²) in [5, 5.41) is 3.45. The first kappa shape index (κ1) is 19.0. The van der Waals surface area contributed by atoms with Crippen LogP contribution in [-0.2, 0) is 4.74 Å². The van der Waals surface area contributed by atoms with Crippen molar-refractivity contribution in [1.29, 1.82) is 0 Å². The molecule has 1 saturated heterocycles. The molecule has 1 rings (SSSR count). The first-order valence-corrected chi connectivity index (χ1v) is 9.55. The molecular weight excluding hydrogens is 258 g/mol. The number of hydrogen-bond donors (Lipinski definition) is 1. The number of rotatable bonds is 12. The van der Waals surface area contributed by atoms with Gasteiger partial charge in [0, 0.05) is 6.61 Å². The van der Waals surface area contributed by atoms with Crippen LogP contribution in [0.4, 0.5) is 0 Å². The maximum absolute atomic E-state index is 6.39. The van der Waals surface area contributed by atoms with E-state index in [-0.39, 0.29) is 5.60 Å². The maximum atomic E-state index is 6.39. The maximum Gasteiger partial charge on any atom is 0.0654 e. The Morgan fingerprint density at radius 3 is 2.29 bits per heavy atom. The number of piperidine rings is 1. The van der Waals surface area contributed by atoms with E-state index >= 15 is 0 Å². The van der Waals surface area contributed by atoms with Crippen LogP contribution in [0.25, 0.3) is 0 Å². The van der Waals surface area contributed by atoms with E-state index in [4.69, 9.17) is 4.74 Å². The summed E-state index contributed by atoms with van der Waals surface area (Å²) in [7, 11) is 0. The summed E-state index contributed by atoms with van der Waals surface area (Å²) >= 11 is 0. The van der Waals surface area contributed by atoms with Crippen LogP contribution in [0.3, 0.4) is 0 Å². The fourth-order valence-corrected chi connectivity index (χ4v) is 3.39. The van der Waals surface area contributed by atoms with E-state index in [9.17, 15) is 0 Å². The molecule has 1 N–H and O–H groups in total. The summed E-state index contributed by atoms with van der Waals surface area (Å²) in [6.45, 7) is 10.3. The molecule has 0 bridgehead atoms. The van der Waals surface area contributed by atoms with Gasteiger partial charge in [-0.3, -0.25) is 0 Å². The minimum absolute atomic E-state index is 0.136. The molecule has 1 aliphatic heterocycles. The van der Waals surface area contributed by atoms with Crippen LogP contribution in [0.1, 0.15) is 91.4 Å². The number of ether oxygens (including phenoxy) is 1. The van der Waals surface area contributed by atoms with E-state index in [1.807, 2.05) is 0 Å². The van der Waals surface area contributed by atoms with Crippen molar-refractivity contribution in [3.8, 4) is 0 Å². The minimum atomic E-state index is 0.136. The zero-order chi connectivity index (χ0) is 15.4. The van der Waals surface area contributed by atoms with E-state index < -0.39 is 0 Å². The molecule has 0 saturated carbocycles. The lowest BCUT2D eigenvalue weighted by Crippen LogP contribution is -2.32. The highest BCUT2D eigenvalue weighted by Gasteiger charge is 2.24. The smallest absolute Gasteiger partial charge is 0.0654 e. The number of hydrogen-bond acceptors (Lipinski definition) is 2. The molecule has 1 atom stereocenters. The van der Waals surface area contributed by atoms with Crippen LogP contribution in [-0.4, -0.2) is 25.3 Å². The Bertz CT molecular complexity index is 238. The van der Waals surface area contributed by atoms with Gasteiger partial charge in [0.15, 0.2) is 0 Å². The van der Waals surface area contributed by atoms with Crippen molar-refractivity contribution < 1.29 is 4.74 Å². The second kappa shape index (κ2) is 11.5. The topological polar surface area (TPSA) is 21.3 Å². The van der Waals surface area contributed by atoms with Crippen molar-refractivity contribution in [2.75, 3.05) is 19.7 Å². The molecule has 0 spiro atoms. The Morgan fingerprint density at radius 2 is 1.62 bits per heavy atom. The summed E-state index contributed by atoms with van der Waals surface area (Å²) in [6.07, 6.45) is 14.4. The van der Waals surface area contributed by atoms with Crippen LogP contribution >= 0.6 is 0 Å². The Labute approximate surface area is 133 Å². The first-order valence-electron chi connectivity index (χ1n) is 9.55. The molecule has 0 aromatic rings. The van der Waals surface area contributed by atoms with Gasteiger partial charge in [0.1, 0.15) is 0 Å². The highest BCUT2D eigenvalue weighted by Crippen LogP contribution is 2.27. The van der Waals surface area contributed by atoms with Crippen molar-refractivity contribution >= 4 is 0 Å². The molecule has 126 valence electrons. The molecule has 2 nitrogen and oxygen atoms in total. The SMILES string of the molecule is CCCCCCC(C)(CCCC)OCCC1CCNCC1. The molecule has 2 heteroatoms. The van der Waals surface area contributed by atoms with E-state index in [0.717, 1.165) is 12.5 Å². The third-order valence-corrected chi connectivity index (χ3v) is 5.05. The average Bonchev–Trinajstić information content (AvgIpc) is 2.51. The van der Waals surface area contributed by atoms with Gasteiger partial charge >= 0.3 is 0 Å². The van der Waals surface area contributed by atoms with Gasteiger partial charge in [0.05, 0.1) is 5.60 Å². The Morgan fingerprint density at radius 1 is 0.952 bits per heavy atom. The molecule has 21 heavy (non-hydrogen) atoms. The van der Waals surface area contributed by atoms with Crippen molar-refractivity contribution in [2.45, 2.75) is 97.0 Å². The Kier molecular flexibility index (Phi) is 10.4. The lowest BCUT2D eigenvalue weighted by atomic mass is 9.91.